The molecule has 0 saturated carbocycles. The second kappa shape index (κ2) is 4.34. The van der Waals surface area contributed by atoms with Crippen LogP contribution in [0.25, 0.3) is 0 Å². The van der Waals surface area contributed by atoms with Crippen LogP contribution in [0.5, 0.6) is 0 Å². The van der Waals surface area contributed by atoms with Gasteiger partial charge in [-0.3, -0.25) is 0 Å². The third kappa shape index (κ3) is 1.87. The van der Waals surface area contributed by atoms with Crippen molar-refractivity contribution in [1.82, 2.24) is 9.55 Å². The predicted molar refractivity (Wildman–Crippen MR) is 67.6 cm³/mol. The van der Waals surface area contributed by atoms with E-state index in [1.165, 1.54) is 17.5 Å². The number of hydrogen-bond acceptors (Lipinski definition) is 2. The minimum absolute atomic E-state index is 0.519. The van der Waals surface area contributed by atoms with Crippen LogP contribution >= 0.6 is 0 Å². The van der Waals surface area contributed by atoms with Gasteiger partial charge in [0.05, 0.1) is 12.0 Å². The van der Waals surface area contributed by atoms with E-state index in [0.29, 0.717) is 12.6 Å². The maximum Gasteiger partial charge on any atom is 0.0951 e. The van der Waals surface area contributed by atoms with Gasteiger partial charge in [-0.1, -0.05) is 24.3 Å². The summed E-state index contributed by atoms with van der Waals surface area (Å²) in [6, 6.07) is 9.25. The van der Waals surface area contributed by atoms with Crippen LogP contribution in [0.4, 0.5) is 0 Å². The van der Waals surface area contributed by atoms with Crippen molar-refractivity contribution in [3.05, 3.63) is 53.6 Å². The van der Waals surface area contributed by atoms with Gasteiger partial charge in [0.2, 0.25) is 0 Å². The standard InChI is InChI=1S/C14H17N3/c15-8-14-9-16-10-17(14)13-6-5-11-3-1-2-4-12(11)7-13/h1-4,9-10,13H,5-8,15H2. The smallest absolute Gasteiger partial charge is 0.0951 e. The number of fused-ring (bicyclic) bond motifs is 1. The van der Waals surface area contributed by atoms with Gasteiger partial charge in [0.25, 0.3) is 0 Å². The highest BCUT2D eigenvalue weighted by molar-refractivity contribution is 5.30. The first-order valence-electron chi connectivity index (χ1n) is 6.16. The topological polar surface area (TPSA) is 43.8 Å². The van der Waals surface area contributed by atoms with Crippen molar-refractivity contribution in [1.29, 1.82) is 0 Å². The first-order chi connectivity index (χ1) is 8.38. The van der Waals surface area contributed by atoms with Gasteiger partial charge >= 0.3 is 0 Å². The maximum absolute atomic E-state index is 5.74. The van der Waals surface area contributed by atoms with Crippen LogP contribution in [0.15, 0.2) is 36.8 Å². The molecule has 0 spiro atoms. The van der Waals surface area contributed by atoms with Crippen LogP contribution in [-0.2, 0) is 19.4 Å². The Bertz CT molecular complexity index is 516. The van der Waals surface area contributed by atoms with Crippen LogP contribution in [-0.4, -0.2) is 9.55 Å². The summed E-state index contributed by atoms with van der Waals surface area (Å²) in [7, 11) is 0. The number of nitrogens with two attached hydrogens (primary N) is 1. The Balaban J connectivity index is 1.89. The lowest BCUT2D eigenvalue weighted by molar-refractivity contribution is 0.431. The molecule has 2 N–H and O–H groups in total. The molecule has 1 aromatic carbocycles. The number of aromatic nitrogens is 2. The Hall–Kier alpha value is -1.61. The molecule has 3 nitrogen and oxygen atoms in total. The summed E-state index contributed by atoms with van der Waals surface area (Å²) in [6.45, 7) is 0.568. The number of benzene rings is 1. The van der Waals surface area contributed by atoms with Crippen molar-refractivity contribution in [3.8, 4) is 0 Å². The number of nitrogens with zero attached hydrogens (tertiary/aromatic N) is 2. The number of hydrogen-bond donors (Lipinski definition) is 1. The summed E-state index contributed by atoms with van der Waals surface area (Å²) in [5.41, 5.74) is 9.84. The van der Waals surface area contributed by atoms with Crippen LogP contribution in [0.3, 0.4) is 0 Å². The molecule has 3 rings (SSSR count). The van der Waals surface area contributed by atoms with Crippen molar-refractivity contribution in [2.75, 3.05) is 0 Å². The van der Waals surface area contributed by atoms with Gasteiger partial charge in [0.1, 0.15) is 0 Å². The first kappa shape index (κ1) is 10.5. The Morgan fingerprint density at radius 3 is 2.94 bits per heavy atom. The third-order valence-corrected chi connectivity index (χ3v) is 3.67. The van der Waals surface area contributed by atoms with Crippen molar-refractivity contribution < 1.29 is 0 Å². The van der Waals surface area contributed by atoms with Crippen molar-refractivity contribution in [3.63, 3.8) is 0 Å². The Kier molecular flexibility index (Phi) is 2.69. The number of rotatable bonds is 2. The molecule has 88 valence electrons. The Morgan fingerprint density at radius 1 is 1.29 bits per heavy atom. The molecule has 1 atom stereocenters. The molecule has 3 heteroatoms. The van der Waals surface area contributed by atoms with Gasteiger partial charge in [-0.05, 0) is 30.4 Å². The second-order valence-electron chi connectivity index (χ2n) is 4.66. The fourth-order valence-electron chi connectivity index (χ4n) is 2.73. The lowest BCUT2D eigenvalue weighted by Gasteiger charge is -2.26. The van der Waals surface area contributed by atoms with Gasteiger partial charge in [-0.2, -0.15) is 0 Å². The zero-order chi connectivity index (χ0) is 11.7. The van der Waals surface area contributed by atoms with Gasteiger partial charge in [-0.15, -0.1) is 0 Å². The normalized spacial score (nSPS) is 19.0. The molecule has 1 aromatic heterocycles. The predicted octanol–water partition coefficient (Wildman–Crippen LogP) is 2.07. The highest BCUT2D eigenvalue weighted by atomic mass is 15.1. The molecule has 0 bridgehead atoms. The minimum Gasteiger partial charge on any atom is -0.330 e. The minimum atomic E-state index is 0.519. The maximum atomic E-state index is 5.74. The van der Waals surface area contributed by atoms with E-state index in [4.69, 9.17) is 5.73 Å². The molecule has 0 saturated heterocycles. The molecule has 1 aliphatic carbocycles. The van der Waals surface area contributed by atoms with Crippen LogP contribution in [0, 0.1) is 0 Å². The molecule has 1 unspecified atom stereocenters. The molecular formula is C14H17N3. The number of aryl methyl sites for hydroxylation is 1. The lowest BCUT2D eigenvalue weighted by atomic mass is 9.88. The van der Waals surface area contributed by atoms with Crippen molar-refractivity contribution in [2.24, 2.45) is 5.73 Å². The summed E-state index contributed by atoms with van der Waals surface area (Å²) in [6.07, 6.45) is 7.23. The summed E-state index contributed by atoms with van der Waals surface area (Å²) in [5.74, 6) is 0. The van der Waals surface area contributed by atoms with E-state index in [-0.39, 0.29) is 0 Å². The highest BCUT2D eigenvalue weighted by Gasteiger charge is 2.20. The molecule has 0 amide bonds. The van der Waals surface area contributed by atoms with E-state index in [0.717, 1.165) is 18.5 Å². The Morgan fingerprint density at radius 2 is 2.12 bits per heavy atom. The number of imidazole rings is 1. The highest BCUT2D eigenvalue weighted by Crippen LogP contribution is 2.29. The average Bonchev–Trinajstić information content (AvgIpc) is 2.86. The van der Waals surface area contributed by atoms with Gasteiger partial charge in [0.15, 0.2) is 0 Å². The van der Waals surface area contributed by atoms with Crippen LogP contribution < -0.4 is 5.73 Å². The molecule has 2 aromatic rings. The van der Waals surface area contributed by atoms with Gasteiger partial charge in [0, 0.05) is 18.8 Å². The SMILES string of the molecule is NCc1cncn1C1CCc2ccccc2C1. The molecule has 0 fully saturated rings. The van der Waals surface area contributed by atoms with E-state index in [1.807, 2.05) is 12.5 Å². The van der Waals surface area contributed by atoms with E-state index >= 15 is 0 Å². The monoisotopic (exact) mass is 227 g/mol. The summed E-state index contributed by atoms with van der Waals surface area (Å²) < 4.78 is 2.25. The fourth-order valence-corrected chi connectivity index (χ4v) is 2.73. The second-order valence-corrected chi connectivity index (χ2v) is 4.66. The van der Waals surface area contributed by atoms with Crippen LogP contribution in [0.1, 0.15) is 29.3 Å². The van der Waals surface area contributed by atoms with Gasteiger partial charge in [-0.25, -0.2) is 4.98 Å². The summed E-state index contributed by atoms with van der Waals surface area (Å²) in [4.78, 5) is 4.21. The fraction of sp³-hybridized carbons (Fsp3) is 0.357. The largest absolute Gasteiger partial charge is 0.330 e. The van der Waals surface area contributed by atoms with Crippen LogP contribution in [0.2, 0.25) is 0 Å². The Labute approximate surface area is 101 Å². The van der Waals surface area contributed by atoms with E-state index < -0.39 is 0 Å². The van der Waals surface area contributed by atoms with Gasteiger partial charge < -0.3 is 10.3 Å². The van der Waals surface area contributed by atoms with E-state index in [9.17, 15) is 0 Å². The summed E-state index contributed by atoms with van der Waals surface area (Å²) >= 11 is 0. The molecule has 1 heterocycles. The van der Waals surface area contributed by atoms with Crippen molar-refractivity contribution in [2.45, 2.75) is 31.8 Å². The molecule has 1 aliphatic rings. The van der Waals surface area contributed by atoms with E-state index in [2.05, 4.69) is 33.8 Å². The molecular weight excluding hydrogens is 210 g/mol. The first-order valence-corrected chi connectivity index (χ1v) is 6.16. The van der Waals surface area contributed by atoms with Crippen molar-refractivity contribution >= 4 is 0 Å². The molecule has 17 heavy (non-hydrogen) atoms. The molecule has 0 radical (unpaired) electrons. The van der Waals surface area contributed by atoms with E-state index in [1.54, 1.807) is 0 Å². The lowest BCUT2D eigenvalue weighted by Crippen LogP contribution is -2.20. The zero-order valence-corrected chi connectivity index (χ0v) is 9.84. The summed E-state index contributed by atoms with van der Waals surface area (Å²) in [5, 5.41) is 0. The molecule has 0 aliphatic heterocycles. The third-order valence-electron chi connectivity index (χ3n) is 3.67. The quantitative estimate of drug-likeness (QED) is 0.853. The average molecular weight is 227 g/mol. The zero-order valence-electron chi connectivity index (χ0n) is 9.84.